The quantitative estimate of drug-likeness (QED) is 0.706. The summed E-state index contributed by atoms with van der Waals surface area (Å²) in [5, 5.41) is 0.850. The summed E-state index contributed by atoms with van der Waals surface area (Å²) in [5.41, 5.74) is 2.24. The Labute approximate surface area is 108 Å². The molecular weight excluding hydrogens is 245 g/mol. The molecule has 0 radical (unpaired) electrons. The first-order valence-electron chi connectivity index (χ1n) is 5.67. The lowest BCUT2D eigenvalue weighted by atomic mass is 10.1. The molecule has 0 saturated carbocycles. The second-order valence-corrected chi connectivity index (χ2v) is 4.00. The zero-order valence-electron chi connectivity index (χ0n) is 10.2. The van der Waals surface area contributed by atoms with Gasteiger partial charge in [0.1, 0.15) is 23.4 Å². The first kappa shape index (κ1) is 11.5. The Morgan fingerprint density at radius 3 is 2.74 bits per heavy atom. The largest absolute Gasteiger partial charge is 0.494 e. The van der Waals surface area contributed by atoms with Crippen molar-refractivity contribution in [3.8, 4) is 17.0 Å². The van der Waals surface area contributed by atoms with E-state index in [9.17, 15) is 4.39 Å². The van der Waals surface area contributed by atoms with Crippen LogP contribution < -0.4 is 4.74 Å². The molecule has 94 valence electrons. The molecule has 0 unspecified atom stereocenters. The monoisotopic (exact) mass is 255 g/mol. The van der Waals surface area contributed by atoms with Crippen LogP contribution in [0.5, 0.6) is 5.75 Å². The number of fused-ring (bicyclic) bond motifs is 1. The average molecular weight is 255 g/mol. The molecule has 2 heterocycles. The molecule has 3 rings (SSSR count). The number of hydrogen-bond donors (Lipinski definition) is 0. The Hall–Kier alpha value is -2.56. The number of aromatic nitrogens is 3. The third-order valence-electron chi connectivity index (χ3n) is 2.81. The summed E-state index contributed by atoms with van der Waals surface area (Å²) in [6.07, 6.45) is 4.37. The lowest BCUT2D eigenvalue weighted by Gasteiger charge is -2.07. The van der Waals surface area contributed by atoms with E-state index in [0.717, 1.165) is 16.5 Å². The third-order valence-corrected chi connectivity index (χ3v) is 2.81. The van der Waals surface area contributed by atoms with Gasteiger partial charge in [-0.25, -0.2) is 14.4 Å². The molecule has 4 nitrogen and oxygen atoms in total. The number of pyridine rings is 1. The molecule has 0 aliphatic heterocycles. The fourth-order valence-electron chi connectivity index (χ4n) is 1.92. The summed E-state index contributed by atoms with van der Waals surface area (Å²) in [6, 6.07) is 6.73. The van der Waals surface area contributed by atoms with Gasteiger partial charge < -0.3 is 4.74 Å². The maximum Gasteiger partial charge on any atom is 0.145 e. The fourth-order valence-corrected chi connectivity index (χ4v) is 1.92. The van der Waals surface area contributed by atoms with Gasteiger partial charge in [0.25, 0.3) is 0 Å². The molecule has 0 N–H and O–H groups in total. The molecule has 0 aliphatic rings. The second kappa shape index (κ2) is 4.61. The SMILES string of the molecule is COc1cc(-c2ccc(F)cn2)cc2cncnc12. The number of methoxy groups -OCH3 is 1. The minimum atomic E-state index is -0.361. The normalized spacial score (nSPS) is 10.6. The molecule has 0 saturated heterocycles. The molecule has 0 amide bonds. The summed E-state index contributed by atoms with van der Waals surface area (Å²) >= 11 is 0. The molecule has 1 aromatic carbocycles. The Morgan fingerprint density at radius 2 is 2.00 bits per heavy atom. The predicted molar refractivity (Wildman–Crippen MR) is 69.3 cm³/mol. The maximum absolute atomic E-state index is 12.9. The molecule has 0 bridgehead atoms. The van der Waals surface area contributed by atoms with Crippen LogP contribution in [0.15, 0.2) is 43.0 Å². The van der Waals surface area contributed by atoms with Crippen LogP contribution >= 0.6 is 0 Å². The van der Waals surface area contributed by atoms with Gasteiger partial charge >= 0.3 is 0 Å². The van der Waals surface area contributed by atoms with Crippen molar-refractivity contribution in [2.75, 3.05) is 7.11 Å². The minimum Gasteiger partial charge on any atom is -0.494 e. The van der Waals surface area contributed by atoms with Crippen LogP contribution in [0.1, 0.15) is 0 Å². The summed E-state index contributed by atoms with van der Waals surface area (Å²) in [7, 11) is 1.58. The Bertz CT molecular complexity index is 728. The van der Waals surface area contributed by atoms with Gasteiger partial charge in [-0.05, 0) is 24.3 Å². The minimum absolute atomic E-state index is 0.361. The molecule has 0 spiro atoms. The van der Waals surface area contributed by atoms with E-state index in [4.69, 9.17) is 4.74 Å². The highest BCUT2D eigenvalue weighted by Crippen LogP contribution is 2.29. The van der Waals surface area contributed by atoms with Crippen molar-refractivity contribution in [1.82, 2.24) is 15.0 Å². The van der Waals surface area contributed by atoms with Gasteiger partial charge in [0.2, 0.25) is 0 Å². The van der Waals surface area contributed by atoms with Gasteiger partial charge in [-0.2, -0.15) is 0 Å². The summed E-state index contributed by atoms with van der Waals surface area (Å²) in [6.45, 7) is 0. The molecule has 5 heteroatoms. The van der Waals surface area contributed by atoms with Crippen molar-refractivity contribution in [2.24, 2.45) is 0 Å². The maximum atomic E-state index is 12.9. The van der Waals surface area contributed by atoms with E-state index in [1.54, 1.807) is 19.4 Å². The third kappa shape index (κ3) is 2.10. The molecule has 3 aromatic rings. The molecule has 0 atom stereocenters. The van der Waals surface area contributed by atoms with Gasteiger partial charge in [0, 0.05) is 17.1 Å². The lowest BCUT2D eigenvalue weighted by molar-refractivity contribution is 0.419. The second-order valence-electron chi connectivity index (χ2n) is 4.00. The van der Waals surface area contributed by atoms with E-state index in [-0.39, 0.29) is 5.82 Å². The standard InChI is InChI=1S/C14H10FN3O/c1-19-13-5-9(12-3-2-11(15)7-17-12)4-10-6-16-8-18-14(10)13/h2-8H,1H3. The highest BCUT2D eigenvalue weighted by atomic mass is 19.1. The number of ether oxygens (including phenoxy) is 1. The zero-order valence-corrected chi connectivity index (χ0v) is 10.2. The zero-order chi connectivity index (χ0) is 13.2. The molecule has 0 fully saturated rings. The van der Waals surface area contributed by atoms with E-state index in [2.05, 4.69) is 15.0 Å². The number of hydrogen-bond acceptors (Lipinski definition) is 4. The number of rotatable bonds is 2. The van der Waals surface area contributed by atoms with Gasteiger partial charge in [-0.3, -0.25) is 4.98 Å². The summed E-state index contributed by atoms with van der Waals surface area (Å²) < 4.78 is 18.2. The van der Waals surface area contributed by atoms with E-state index in [0.29, 0.717) is 11.4 Å². The van der Waals surface area contributed by atoms with E-state index in [1.165, 1.54) is 18.6 Å². The van der Waals surface area contributed by atoms with Crippen molar-refractivity contribution < 1.29 is 9.13 Å². The van der Waals surface area contributed by atoms with Crippen LogP contribution in [-0.4, -0.2) is 22.1 Å². The van der Waals surface area contributed by atoms with Crippen molar-refractivity contribution in [2.45, 2.75) is 0 Å². The molecule has 2 aromatic heterocycles. The van der Waals surface area contributed by atoms with Crippen LogP contribution in [0.4, 0.5) is 4.39 Å². The fraction of sp³-hybridized carbons (Fsp3) is 0.0714. The highest BCUT2D eigenvalue weighted by molar-refractivity contribution is 5.88. The van der Waals surface area contributed by atoms with Crippen molar-refractivity contribution in [1.29, 1.82) is 0 Å². The van der Waals surface area contributed by atoms with Crippen molar-refractivity contribution in [3.05, 3.63) is 48.8 Å². The van der Waals surface area contributed by atoms with E-state index >= 15 is 0 Å². The smallest absolute Gasteiger partial charge is 0.145 e. The first-order valence-corrected chi connectivity index (χ1v) is 5.67. The molecule has 19 heavy (non-hydrogen) atoms. The number of halogens is 1. The van der Waals surface area contributed by atoms with Crippen LogP contribution in [0.3, 0.4) is 0 Å². The Morgan fingerprint density at radius 1 is 1.11 bits per heavy atom. The average Bonchev–Trinajstić information content (AvgIpc) is 2.47. The van der Waals surface area contributed by atoms with Gasteiger partial charge in [0.15, 0.2) is 0 Å². The van der Waals surface area contributed by atoms with Crippen molar-refractivity contribution in [3.63, 3.8) is 0 Å². The number of benzene rings is 1. The van der Waals surface area contributed by atoms with Crippen LogP contribution in [0.25, 0.3) is 22.2 Å². The first-order chi connectivity index (χ1) is 9.28. The van der Waals surface area contributed by atoms with Gasteiger partial charge in [-0.1, -0.05) is 0 Å². The Kier molecular flexibility index (Phi) is 2.79. The summed E-state index contributed by atoms with van der Waals surface area (Å²) in [5.74, 6) is 0.279. The van der Waals surface area contributed by atoms with Gasteiger partial charge in [0.05, 0.1) is 19.0 Å². The predicted octanol–water partition coefficient (Wildman–Crippen LogP) is 2.84. The van der Waals surface area contributed by atoms with Crippen LogP contribution in [0.2, 0.25) is 0 Å². The number of nitrogens with zero attached hydrogens (tertiary/aromatic N) is 3. The molecular formula is C14H10FN3O. The molecule has 0 aliphatic carbocycles. The van der Waals surface area contributed by atoms with Crippen molar-refractivity contribution >= 4 is 10.9 Å². The van der Waals surface area contributed by atoms with Gasteiger partial charge in [-0.15, -0.1) is 0 Å². The van der Waals surface area contributed by atoms with Crippen LogP contribution in [0, 0.1) is 5.82 Å². The lowest BCUT2D eigenvalue weighted by Crippen LogP contribution is -1.91. The van der Waals surface area contributed by atoms with E-state index in [1.807, 2.05) is 12.1 Å². The van der Waals surface area contributed by atoms with E-state index < -0.39 is 0 Å². The van der Waals surface area contributed by atoms with Crippen LogP contribution in [-0.2, 0) is 0 Å². The Balaban J connectivity index is 2.22. The highest BCUT2D eigenvalue weighted by Gasteiger charge is 2.08. The summed E-state index contributed by atoms with van der Waals surface area (Å²) in [4.78, 5) is 12.2. The topological polar surface area (TPSA) is 47.9 Å².